The fourth-order valence-corrected chi connectivity index (χ4v) is 1.76. The van der Waals surface area contributed by atoms with Crippen molar-refractivity contribution in [3.05, 3.63) is 23.9 Å². The van der Waals surface area contributed by atoms with Crippen LogP contribution in [0.3, 0.4) is 0 Å². The standard InChI is InChI=1S/C10H6N6/c11-4-6-5-2-1-3-13-8(5)10-9(7(6)12)14-16-15-10/h1-3H,12H2,(H,14,15,16). The van der Waals surface area contributed by atoms with Gasteiger partial charge < -0.3 is 5.73 Å². The Kier molecular flexibility index (Phi) is 1.56. The number of nitrogens with zero attached hydrogens (tertiary/aromatic N) is 4. The molecule has 3 N–H and O–H groups in total. The van der Waals surface area contributed by atoms with Gasteiger partial charge in [0, 0.05) is 11.6 Å². The van der Waals surface area contributed by atoms with E-state index in [0.717, 1.165) is 0 Å². The van der Waals surface area contributed by atoms with Gasteiger partial charge in [-0.05, 0) is 12.1 Å². The summed E-state index contributed by atoms with van der Waals surface area (Å²) in [5, 5.41) is 20.2. The molecule has 6 heteroatoms. The molecule has 0 aliphatic rings. The molecule has 0 spiro atoms. The van der Waals surface area contributed by atoms with Gasteiger partial charge in [0.15, 0.2) is 0 Å². The molecule has 0 aliphatic carbocycles. The third-order valence-corrected chi connectivity index (χ3v) is 2.49. The average Bonchev–Trinajstić information content (AvgIpc) is 2.79. The number of aromatic amines is 1. The minimum atomic E-state index is 0.340. The number of nitriles is 1. The zero-order chi connectivity index (χ0) is 11.1. The molecule has 2 heterocycles. The zero-order valence-corrected chi connectivity index (χ0v) is 8.10. The van der Waals surface area contributed by atoms with E-state index < -0.39 is 0 Å². The van der Waals surface area contributed by atoms with Crippen molar-refractivity contribution in [3.63, 3.8) is 0 Å². The van der Waals surface area contributed by atoms with Gasteiger partial charge in [0.2, 0.25) is 0 Å². The van der Waals surface area contributed by atoms with Crippen molar-refractivity contribution < 1.29 is 0 Å². The molecule has 3 aromatic rings. The Labute approximate surface area is 89.7 Å². The van der Waals surface area contributed by atoms with Gasteiger partial charge in [0.25, 0.3) is 0 Å². The summed E-state index contributed by atoms with van der Waals surface area (Å²) in [5.41, 5.74) is 8.31. The van der Waals surface area contributed by atoms with E-state index in [0.29, 0.717) is 33.2 Å². The predicted molar refractivity (Wildman–Crippen MR) is 58.3 cm³/mol. The lowest BCUT2D eigenvalue weighted by molar-refractivity contribution is 0.960. The first kappa shape index (κ1) is 8.61. The Morgan fingerprint density at radius 1 is 1.25 bits per heavy atom. The summed E-state index contributed by atoms with van der Waals surface area (Å²) in [6.45, 7) is 0. The van der Waals surface area contributed by atoms with E-state index in [4.69, 9.17) is 11.0 Å². The molecule has 0 amide bonds. The van der Waals surface area contributed by atoms with Crippen LogP contribution < -0.4 is 5.73 Å². The second-order valence-electron chi connectivity index (χ2n) is 3.32. The summed E-state index contributed by atoms with van der Waals surface area (Å²) in [6.07, 6.45) is 1.65. The van der Waals surface area contributed by atoms with Crippen LogP contribution in [-0.4, -0.2) is 20.4 Å². The number of hydrogen-bond donors (Lipinski definition) is 2. The number of pyridine rings is 1. The zero-order valence-electron chi connectivity index (χ0n) is 8.10. The van der Waals surface area contributed by atoms with Crippen molar-refractivity contribution in [2.75, 3.05) is 5.73 Å². The molecule has 1 aromatic carbocycles. The number of fused-ring (bicyclic) bond motifs is 3. The summed E-state index contributed by atoms with van der Waals surface area (Å²) in [7, 11) is 0. The van der Waals surface area contributed by atoms with Crippen molar-refractivity contribution in [3.8, 4) is 6.07 Å². The SMILES string of the molecule is N#Cc1c(N)c2n[nH]nc2c2ncccc12. The highest BCUT2D eigenvalue weighted by atomic mass is 15.3. The molecular formula is C10H6N6. The molecule has 0 saturated carbocycles. The van der Waals surface area contributed by atoms with Crippen molar-refractivity contribution in [2.24, 2.45) is 0 Å². The molecule has 0 atom stereocenters. The number of hydrogen-bond acceptors (Lipinski definition) is 5. The van der Waals surface area contributed by atoms with E-state index in [1.807, 2.05) is 0 Å². The second kappa shape index (κ2) is 2.90. The molecule has 2 aromatic heterocycles. The van der Waals surface area contributed by atoms with Crippen LogP contribution in [0.2, 0.25) is 0 Å². The largest absolute Gasteiger partial charge is 0.396 e. The maximum Gasteiger partial charge on any atom is 0.141 e. The lowest BCUT2D eigenvalue weighted by Gasteiger charge is -2.02. The minimum Gasteiger partial charge on any atom is -0.396 e. The number of rotatable bonds is 0. The molecular weight excluding hydrogens is 204 g/mol. The molecule has 0 fully saturated rings. The summed E-state index contributed by atoms with van der Waals surface area (Å²) in [6, 6.07) is 5.63. The van der Waals surface area contributed by atoms with Crippen molar-refractivity contribution in [1.29, 1.82) is 5.26 Å². The van der Waals surface area contributed by atoms with Crippen molar-refractivity contribution in [2.45, 2.75) is 0 Å². The highest BCUT2D eigenvalue weighted by Gasteiger charge is 2.15. The smallest absolute Gasteiger partial charge is 0.141 e. The Balaban J connectivity index is 2.71. The summed E-state index contributed by atoms with van der Waals surface area (Å²) >= 11 is 0. The number of nitrogens with two attached hydrogens (primary N) is 1. The second-order valence-corrected chi connectivity index (χ2v) is 3.32. The van der Waals surface area contributed by atoms with E-state index in [1.165, 1.54) is 0 Å². The number of anilines is 1. The molecule has 76 valence electrons. The first-order valence-corrected chi connectivity index (χ1v) is 4.59. The summed E-state index contributed by atoms with van der Waals surface area (Å²) < 4.78 is 0. The van der Waals surface area contributed by atoms with Gasteiger partial charge in [-0.1, -0.05) is 0 Å². The Morgan fingerprint density at radius 3 is 2.88 bits per heavy atom. The number of benzene rings is 1. The highest BCUT2D eigenvalue weighted by molar-refractivity contribution is 6.10. The van der Waals surface area contributed by atoms with Crippen molar-refractivity contribution in [1.82, 2.24) is 20.4 Å². The molecule has 6 nitrogen and oxygen atoms in total. The van der Waals surface area contributed by atoms with Crippen molar-refractivity contribution >= 4 is 27.6 Å². The van der Waals surface area contributed by atoms with Gasteiger partial charge in [-0.15, -0.1) is 0 Å². The predicted octanol–water partition coefficient (Wildman–Crippen LogP) is 0.960. The normalized spacial score (nSPS) is 10.7. The van der Waals surface area contributed by atoms with Crippen LogP contribution >= 0.6 is 0 Å². The van der Waals surface area contributed by atoms with Gasteiger partial charge in [-0.3, -0.25) is 4.98 Å². The third kappa shape index (κ3) is 0.914. The summed E-state index contributed by atoms with van der Waals surface area (Å²) in [5.74, 6) is 0. The quantitative estimate of drug-likeness (QED) is 0.538. The van der Waals surface area contributed by atoms with Gasteiger partial charge >= 0.3 is 0 Å². The monoisotopic (exact) mass is 210 g/mol. The van der Waals surface area contributed by atoms with Crippen LogP contribution in [0.15, 0.2) is 18.3 Å². The lowest BCUT2D eigenvalue weighted by atomic mass is 10.1. The Bertz CT molecular complexity index is 736. The van der Waals surface area contributed by atoms with Crippen LogP contribution in [0.5, 0.6) is 0 Å². The molecule has 3 rings (SSSR count). The van der Waals surface area contributed by atoms with Crippen LogP contribution in [0.4, 0.5) is 5.69 Å². The fourth-order valence-electron chi connectivity index (χ4n) is 1.76. The van der Waals surface area contributed by atoms with Gasteiger partial charge in [-0.2, -0.15) is 20.7 Å². The van der Waals surface area contributed by atoms with E-state index in [-0.39, 0.29) is 0 Å². The van der Waals surface area contributed by atoms with Gasteiger partial charge in [-0.25, -0.2) is 0 Å². The molecule has 0 saturated heterocycles. The van der Waals surface area contributed by atoms with Crippen LogP contribution in [0.1, 0.15) is 5.56 Å². The van der Waals surface area contributed by atoms with E-state index in [1.54, 1.807) is 18.3 Å². The first-order valence-electron chi connectivity index (χ1n) is 4.59. The van der Waals surface area contributed by atoms with Crippen LogP contribution in [-0.2, 0) is 0 Å². The average molecular weight is 210 g/mol. The maximum absolute atomic E-state index is 9.10. The first-order chi connectivity index (χ1) is 7.83. The Morgan fingerprint density at radius 2 is 2.06 bits per heavy atom. The van der Waals surface area contributed by atoms with E-state index in [9.17, 15) is 0 Å². The number of H-pyrrole nitrogens is 1. The molecule has 16 heavy (non-hydrogen) atoms. The minimum absolute atomic E-state index is 0.340. The highest BCUT2D eigenvalue weighted by Crippen LogP contribution is 2.30. The molecule has 0 aliphatic heterocycles. The van der Waals surface area contributed by atoms with Crippen LogP contribution in [0, 0.1) is 11.3 Å². The Hall–Kier alpha value is -2.68. The molecule has 0 radical (unpaired) electrons. The molecule has 0 unspecified atom stereocenters. The van der Waals surface area contributed by atoms with Crippen LogP contribution in [0.25, 0.3) is 21.9 Å². The number of nitrogens with one attached hydrogen (secondary N) is 1. The maximum atomic E-state index is 9.10. The van der Waals surface area contributed by atoms with E-state index >= 15 is 0 Å². The van der Waals surface area contributed by atoms with E-state index in [2.05, 4.69) is 26.5 Å². The fraction of sp³-hybridized carbons (Fsp3) is 0. The summed E-state index contributed by atoms with van der Waals surface area (Å²) in [4.78, 5) is 4.20. The van der Waals surface area contributed by atoms with Gasteiger partial charge in [0.05, 0.1) is 11.3 Å². The number of nitrogen functional groups attached to an aromatic ring is 1. The lowest BCUT2D eigenvalue weighted by Crippen LogP contribution is -1.95. The topological polar surface area (TPSA) is 104 Å². The third-order valence-electron chi connectivity index (χ3n) is 2.49. The number of aromatic nitrogens is 4. The molecule has 0 bridgehead atoms. The van der Waals surface area contributed by atoms with Gasteiger partial charge in [0.1, 0.15) is 22.6 Å².